The molecule has 0 unspecified atom stereocenters. The van der Waals surface area contributed by atoms with Crippen molar-refractivity contribution in [2.24, 2.45) is 5.92 Å². The molecule has 1 fully saturated rings. The van der Waals surface area contributed by atoms with Gasteiger partial charge in [0.15, 0.2) is 0 Å². The van der Waals surface area contributed by atoms with E-state index in [1.807, 2.05) is 6.26 Å². The predicted octanol–water partition coefficient (Wildman–Crippen LogP) is 2.78. The second-order valence-electron chi connectivity index (χ2n) is 5.92. The molecule has 1 aliphatic rings. The molecule has 1 heterocycles. The maximum Gasteiger partial charge on any atom is 0.329 e. The first-order valence-corrected chi connectivity index (χ1v) is 9.78. The molecule has 1 aliphatic heterocycles. The first-order chi connectivity index (χ1) is 12.1. The quantitative estimate of drug-likeness (QED) is 0.749. The fourth-order valence-corrected chi connectivity index (χ4v) is 3.37. The lowest BCUT2D eigenvalue weighted by atomic mass is 9.93. The SMILES string of the molecule is CCOC(=O)[C@@H](NC(=O)c1ccc(F)c(CSC)c1)[C@H]1CCCOC1. The molecule has 1 saturated heterocycles. The van der Waals surface area contributed by atoms with Gasteiger partial charge in [-0.25, -0.2) is 9.18 Å². The Morgan fingerprint density at radius 1 is 1.48 bits per heavy atom. The summed E-state index contributed by atoms with van der Waals surface area (Å²) in [5.74, 6) is -0.856. The number of carbonyl (C=O) groups excluding carboxylic acids is 2. The summed E-state index contributed by atoms with van der Waals surface area (Å²) in [6.07, 6.45) is 3.49. The number of nitrogens with one attached hydrogen (secondary N) is 1. The molecule has 1 aromatic carbocycles. The molecule has 0 radical (unpaired) electrons. The van der Waals surface area contributed by atoms with E-state index in [1.165, 1.54) is 30.0 Å². The molecule has 7 heteroatoms. The summed E-state index contributed by atoms with van der Waals surface area (Å²) in [4.78, 5) is 24.9. The van der Waals surface area contributed by atoms with Crippen LogP contribution in [0, 0.1) is 11.7 Å². The third kappa shape index (κ3) is 5.44. The van der Waals surface area contributed by atoms with Gasteiger partial charge in [-0.3, -0.25) is 4.79 Å². The lowest BCUT2D eigenvalue weighted by molar-refractivity contribution is -0.148. The van der Waals surface area contributed by atoms with Crippen LogP contribution in [-0.4, -0.2) is 44.0 Å². The van der Waals surface area contributed by atoms with Crippen LogP contribution in [0.5, 0.6) is 0 Å². The van der Waals surface area contributed by atoms with Gasteiger partial charge in [-0.1, -0.05) is 0 Å². The predicted molar refractivity (Wildman–Crippen MR) is 95.0 cm³/mol. The van der Waals surface area contributed by atoms with E-state index >= 15 is 0 Å². The molecule has 138 valence electrons. The van der Waals surface area contributed by atoms with Crippen molar-refractivity contribution in [3.8, 4) is 0 Å². The highest BCUT2D eigenvalue weighted by Gasteiger charge is 2.33. The molecule has 25 heavy (non-hydrogen) atoms. The first-order valence-electron chi connectivity index (χ1n) is 8.39. The monoisotopic (exact) mass is 369 g/mol. The fraction of sp³-hybridized carbons (Fsp3) is 0.556. The molecule has 0 bridgehead atoms. The number of benzene rings is 1. The highest BCUT2D eigenvalue weighted by molar-refractivity contribution is 7.97. The van der Waals surface area contributed by atoms with Crippen LogP contribution in [0.3, 0.4) is 0 Å². The molecule has 2 atom stereocenters. The summed E-state index contributed by atoms with van der Waals surface area (Å²) in [7, 11) is 0. The summed E-state index contributed by atoms with van der Waals surface area (Å²) in [6.45, 7) is 3.04. The topological polar surface area (TPSA) is 64.6 Å². The van der Waals surface area contributed by atoms with Gasteiger partial charge >= 0.3 is 5.97 Å². The van der Waals surface area contributed by atoms with Crippen molar-refractivity contribution < 1.29 is 23.5 Å². The molecule has 1 amide bonds. The van der Waals surface area contributed by atoms with E-state index in [9.17, 15) is 14.0 Å². The van der Waals surface area contributed by atoms with Gasteiger partial charge in [0, 0.05) is 23.8 Å². The van der Waals surface area contributed by atoms with Gasteiger partial charge in [0.2, 0.25) is 0 Å². The van der Waals surface area contributed by atoms with Gasteiger partial charge in [0.25, 0.3) is 5.91 Å². The Kier molecular flexibility index (Phi) is 7.71. The Hall–Kier alpha value is -1.60. The summed E-state index contributed by atoms with van der Waals surface area (Å²) in [5, 5.41) is 2.75. The molecular formula is C18H24FNO4S. The Labute approximate surface area is 151 Å². The standard InChI is InChI=1S/C18H24FNO4S/c1-3-24-18(22)16(13-5-4-8-23-10-13)20-17(21)12-6-7-15(19)14(9-12)11-25-2/h6-7,9,13,16H,3-5,8,10-11H2,1-2H3,(H,20,21)/t13-,16-/m0/s1. The third-order valence-electron chi connectivity index (χ3n) is 4.10. The number of carbonyl (C=O) groups is 2. The maximum atomic E-state index is 13.8. The summed E-state index contributed by atoms with van der Waals surface area (Å²) < 4.78 is 24.3. The molecule has 2 rings (SSSR count). The molecule has 1 N–H and O–H groups in total. The number of rotatable bonds is 7. The summed E-state index contributed by atoms with van der Waals surface area (Å²) >= 11 is 1.48. The van der Waals surface area contributed by atoms with Crippen LogP contribution >= 0.6 is 11.8 Å². The van der Waals surface area contributed by atoms with Crippen molar-refractivity contribution in [2.75, 3.05) is 26.1 Å². The average Bonchev–Trinajstić information content (AvgIpc) is 2.62. The van der Waals surface area contributed by atoms with Gasteiger partial charge in [0.1, 0.15) is 11.9 Å². The highest BCUT2D eigenvalue weighted by Crippen LogP contribution is 2.20. The van der Waals surface area contributed by atoms with Crippen LogP contribution < -0.4 is 5.32 Å². The number of thioether (sulfide) groups is 1. The van der Waals surface area contributed by atoms with Crippen molar-refractivity contribution in [3.05, 3.63) is 35.1 Å². The van der Waals surface area contributed by atoms with E-state index in [0.29, 0.717) is 30.1 Å². The number of esters is 1. The number of halogens is 1. The van der Waals surface area contributed by atoms with Crippen molar-refractivity contribution in [3.63, 3.8) is 0 Å². The lowest BCUT2D eigenvalue weighted by Gasteiger charge is -2.29. The number of hydrogen-bond donors (Lipinski definition) is 1. The van der Waals surface area contributed by atoms with Crippen LogP contribution in [0.25, 0.3) is 0 Å². The number of ether oxygens (including phenoxy) is 2. The smallest absolute Gasteiger partial charge is 0.329 e. The highest BCUT2D eigenvalue weighted by atomic mass is 32.2. The van der Waals surface area contributed by atoms with Gasteiger partial charge in [-0.05, 0) is 49.8 Å². The van der Waals surface area contributed by atoms with Crippen LogP contribution in [-0.2, 0) is 20.0 Å². The average molecular weight is 369 g/mol. The van der Waals surface area contributed by atoms with E-state index in [2.05, 4.69) is 5.32 Å². The molecule has 0 aromatic heterocycles. The molecule has 1 aromatic rings. The minimum Gasteiger partial charge on any atom is -0.464 e. The van der Waals surface area contributed by atoms with Gasteiger partial charge in [0.05, 0.1) is 13.2 Å². The Morgan fingerprint density at radius 3 is 2.92 bits per heavy atom. The largest absolute Gasteiger partial charge is 0.464 e. The maximum absolute atomic E-state index is 13.8. The van der Waals surface area contributed by atoms with E-state index in [1.54, 1.807) is 6.92 Å². The number of amides is 1. The van der Waals surface area contributed by atoms with Crippen LogP contribution in [0.15, 0.2) is 18.2 Å². The lowest BCUT2D eigenvalue weighted by Crippen LogP contribution is -2.49. The molecule has 0 aliphatic carbocycles. The molecule has 0 saturated carbocycles. The summed E-state index contributed by atoms with van der Waals surface area (Å²) in [6, 6.07) is 3.47. The number of hydrogen-bond acceptors (Lipinski definition) is 5. The first kappa shape index (κ1) is 19.7. The van der Waals surface area contributed by atoms with E-state index in [0.717, 1.165) is 12.8 Å². The Balaban J connectivity index is 2.15. The molecule has 5 nitrogen and oxygen atoms in total. The van der Waals surface area contributed by atoms with Gasteiger partial charge in [-0.2, -0.15) is 11.8 Å². The Morgan fingerprint density at radius 2 is 2.28 bits per heavy atom. The molecular weight excluding hydrogens is 345 g/mol. The van der Waals surface area contributed by atoms with Gasteiger partial charge < -0.3 is 14.8 Å². The zero-order valence-corrected chi connectivity index (χ0v) is 15.4. The second-order valence-corrected chi connectivity index (χ2v) is 6.79. The van der Waals surface area contributed by atoms with Crippen molar-refractivity contribution in [1.29, 1.82) is 0 Å². The Bertz CT molecular complexity index is 605. The molecule has 0 spiro atoms. The minimum atomic E-state index is -0.762. The zero-order chi connectivity index (χ0) is 18.2. The van der Waals surface area contributed by atoms with Crippen molar-refractivity contribution in [1.82, 2.24) is 5.32 Å². The van der Waals surface area contributed by atoms with Crippen molar-refractivity contribution >= 4 is 23.6 Å². The van der Waals surface area contributed by atoms with E-state index in [-0.39, 0.29) is 18.3 Å². The third-order valence-corrected chi connectivity index (χ3v) is 4.70. The minimum absolute atomic E-state index is 0.122. The summed E-state index contributed by atoms with van der Waals surface area (Å²) in [5.41, 5.74) is 0.797. The van der Waals surface area contributed by atoms with Crippen LogP contribution in [0.1, 0.15) is 35.7 Å². The van der Waals surface area contributed by atoms with E-state index < -0.39 is 17.9 Å². The van der Waals surface area contributed by atoms with Crippen molar-refractivity contribution in [2.45, 2.75) is 31.6 Å². The zero-order valence-electron chi connectivity index (χ0n) is 14.5. The van der Waals surface area contributed by atoms with Gasteiger partial charge in [-0.15, -0.1) is 0 Å². The van der Waals surface area contributed by atoms with Crippen LogP contribution in [0.4, 0.5) is 4.39 Å². The fourth-order valence-electron chi connectivity index (χ4n) is 2.84. The normalized spacial score (nSPS) is 18.4. The van der Waals surface area contributed by atoms with E-state index in [4.69, 9.17) is 9.47 Å². The van der Waals surface area contributed by atoms with Crippen LogP contribution in [0.2, 0.25) is 0 Å². The second kappa shape index (κ2) is 9.77.